The smallest absolute Gasteiger partial charge is 1.00 e. The Morgan fingerprint density at radius 3 is 1.85 bits per heavy atom. The van der Waals surface area contributed by atoms with Gasteiger partial charge in [0.05, 0.1) is 0 Å². The van der Waals surface area contributed by atoms with Crippen LogP contribution in [0.15, 0.2) is 23.3 Å². The second-order valence-corrected chi connectivity index (χ2v) is 9.52. The van der Waals surface area contributed by atoms with E-state index in [4.69, 9.17) is 5.32 Å². The first-order valence-electron chi connectivity index (χ1n) is 7.13. The molecule has 2 rings (SSSR count). The zero-order chi connectivity index (χ0) is 12.5. The van der Waals surface area contributed by atoms with Crippen LogP contribution in [0.2, 0.25) is 13.1 Å². The predicted octanol–water partition coefficient (Wildman–Crippen LogP) is -1.63. The molecular weight excluding hydrogens is 341 g/mol. The molecule has 0 spiro atoms. The van der Waals surface area contributed by atoms with Gasteiger partial charge in [-0.2, -0.15) is 0 Å². The average Bonchev–Trinajstić information content (AvgIpc) is 2.59. The van der Waals surface area contributed by atoms with Crippen LogP contribution < -0.4 is 24.8 Å². The summed E-state index contributed by atoms with van der Waals surface area (Å²) in [4.78, 5) is 0. The molecule has 0 aromatic heterocycles. The van der Waals surface area contributed by atoms with Gasteiger partial charge in [-0.15, -0.1) is 5.16 Å². The van der Waals surface area contributed by atoms with E-state index in [0.717, 1.165) is 0 Å². The minimum Gasteiger partial charge on any atom is -1.00 e. The minimum absolute atomic E-state index is 0. The summed E-state index contributed by atoms with van der Waals surface area (Å²) in [5.41, 5.74) is 2.85. The first kappa shape index (κ1) is 23.2. The Kier molecular flexibility index (Phi) is 11.5. The molecule has 1 saturated carbocycles. The fraction of sp³-hybridized carbons (Fsp3) is 0.733. The third-order valence-corrected chi connectivity index (χ3v) is 7.54. The van der Waals surface area contributed by atoms with Crippen LogP contribution in [0.4, 0.5) is 0 Å². The summed E-state index contributed by atoms with van der Waals surface area (Å²) in [6.07, 6.45) is 11.6. The third-order valence-electron chi connectivity index (χ3n) is 4.66. The second kappa shape index (κ2) is 9.86. The molecule has 0 bridgehead atoms. The molecule has 0 heterocycles. The quantitative estimate of drug-likeness (QED) is 0.532. The Bertz CT molecular complexity index is 332. The molecule has 0 atom stereocenters. The molecule has 2 aliphatic rings. The maximum Gasteiger partial charge on any atom is 3.00 e. The monoisotopic (exact) mass is 366 g/mol. The zero-order valence-electron chi connectivity index (χ0n) is 13.0. The molecule has 5 heteroatoms. The SMILES string of the molecule is CC1=CC([N-]C2([SiH](C)C)CCCCC2)C=C1C.[Cl-].[Cl-].[Ti+3]. The number of allylic oxidation sites excluding steroid dienone is 2. The number of halogens is 2. The molecule has 20 heavy (non-hydrogen) atoms. The molecule has 0 N–H and O–H groups in total. The molecule has 1 nitrogen and oxygen atoms in total. The van der Waals surface area contributed by atoms with Crippen molar-refractivity contribution in [2.75, 3.05) is 0 Å². The molecule has 1 radical (unpaired) electrons. The Morgan fingerprint density at radius 2 is 1.45 bits per heavy atom. The summed E-state index contributed by atoms with van der Waals surface area (Å²) < 4.78 is 0. The number of hydrogen-bond donors (Lipinski definition) is 0. The van der Waals surface area contributed by atoms with Crippen molar-refractivity contribution in [3.05, 3.63) is 28.6 Å². The summed E-state index contributed by atoms with van der Waals surface area (Å²) in [5, 5.41) is 5.67. The molecule has 1 fully saturated rings. The van der Waals surface area contributed by atoms with E-state index in [2.05, 4.69) is 39.1 Å². The van der Waals surface area contributed by atoms with E-state index >= 15 is 0 Å². The van der Waals surface area contributed by atoms with Crippen molar-refractivity contribution in [1.82, 2.24) is 0 Å². The van der Waals surface area contributed by atoms with Crippen LogP contribution in [0, 0.1) is 0 Å². The van der Waals surface area contributed by atoms with Gasteiger partial charge in [-0.1, -0.05) is 74.5 Å². The van der Waals surface area contributed by atoms with Crippen molar-refractivity contribution in [2.45, 2.75) is 70.2 Å². The summed E-state index contributed by atoms with van der Waals surface area (Å²) in [6, 6.07) is 0.378. The molecule has 0 aromatic carbocycles. The summed E-state index contributed by atoms with van der Waals surface area (Å²) in [5.74, 6) is 0. The van der Waals surface area contributed by atoms with E-state index in [-0.39, 0.29) is 46.5 Å². The van der Waals surface area contributed by atoms with Gasteiger partial charge in [0, 0.05) is 8.80 Å². The molecule has 113 valence electrons. The number of nitrogens with zero attached hydrogens (tertiary/aromatic N) is 1. The number of hydrogen-bond acceptors (Lipinski definition) is 0. The minimum atomic E-state index is -0.710. The van der Waals surface area contributed by atoms with E-state index in [1.165, 1.54) is 43.3 Å². The van der Waals surface area contributed by atoms with Crippen LogP contribution in [-0.2, 0) is 21.7 Å². The zero-order valence-corrected chi connectivity index (χ0v) is 17.3. The largest absolute Gasteiger partial charge is 3.00 e. The summed E-state index contributed by atoms with van der Waals surface area (Å²) in [6.45, 7) is 9.39. The van der Waals surface area contributed by atoms with Gasteiger partial charge in [0.2, 0.25) is 0 Å². The Hall–Kier alpha value is 0.951. The van der Waals surface area contributed by atoms with E-state index in [1.54, 1.807) is 0 Å². The Labute approximate surface area is 153 Å². The van der Waals surface area contributed by atoms with E-state index in [9.17, 15) is 0 Å². The van der Waals surface area contributed by atoms with Gasteiger partial charge < -0.3 is 30.1 Å². The molecule has 0 aromatic rings. The van der Waals surface area contributed by atoms with Crippen LogP contribution >= 0.6 is 0 Å². The van der Waals surface area contributed by atoms with Gasteiger partial charge in [-0.25, -0.2) is 0 Å². The van der Waals surface area contributed by atoms with Crippen LogP contribution in [0.1, 0.15) is 46.0 Å². The van der Waals surface area contributed by atoms with Crippen molar-refractivity contribution in [3.8, 4) is 0 Å². The van der Waals surface area contributed by atoms with Gasteiger partial charge >= 0.3 is 21.7 Å². The van der Waals surface area contributed by atoms with Crippen molar-refractivity contribution < 1.29 is 46.5 Å². The predicted molar refractivity (Wildman–Crippen MR) is 79.4 cm³/mol. The average molecular weight is 367 g/mol. The summed E-state index contributed by atoms with van der Waals surface area (Å²) >= 11 is 0. The topological polar surface area (TPSA) is 14.1 Å². The van der Waals surface area contributed by atoms with Crippen LogP contribution in [0.5, 0.6) is 0 Å². The van der Waals surface area contributed by atoms with Crippen molar-refractivity contribution >= 4 is 8.80 Å². The van der Waals surface area contributed by atoms with Crippen molar-refractivity contribution in [1.29, 1.82) is 0 Å². The standard InChI is InChI=1S/C15H26NSi.2ClH.Ti/c1-12-10-14(11-13(12)2)16-15(17(3)4)8-6-5-7-9-15;;;/h10-11,14,17H,5-9H2,1-4H3;2*1H;/q-1;;;+3/p-2. The van der Waals surface area contributed by atoms with E-state index < -0.39 is 8.80 Å². The molecule has 0 saturated heterocycles. The maximum atomic E-state index is 5.28. The van der Waals surface area contributed by atoms with Gasteiger partial charge in [0.15, 0.2) is 0 Å². The van der Waals surface area contributed by atoms with Gasteiger partial charge in [-0.05, 0) is 13.8 Å². The Morgan fingerprint density at radius 1 is 1.00 bits per heavy atom. The number of rotatable bonds is 3. The first-order valence-corrected chi connectivity index (χ1v) is 10.0. The van der Waals surface area contributed by atoms with E-state index in [0.29, 0.717) is 11.2 Å². The first-order chi connectivity index (χ1) is 8.03. The maximum absolute atomic E-state index is 5.28. The fourth-order valence-corrected chi connectivity index (χ4v) is 5.25. The van der Waals surface area contributed by atoms with Crippen LogP contribution in [-0.4, -0.2) is 20.0 Å². The van der Waals surface area contributed by atoms with Crippen LogP contribution in [0.3, 0.4) is 0 Å². The second-order valence-electron chi connectivity index (χ2n) is 6.14. The normalized spacial score (nSPS) is 21.2. The molecular formula is C15H26Cl2NSiTi. The van der Waals surface area contributed by atoms with Gasteiger partial charge in [0.25, 0.3) is 0 Å². The third kappa shape index (κ3) is 5.30. The van der Waals surface area contributed by atoms with Crippen LogP contribution in [0.25, 0.3) is 5.32 Å². The van der Waals surface area contributed by atoms with Crippen molar-refractivity contribution in [3.63, 3.8) is 0 Å². The molecule has 0 amide bonds. The fourth-order valence-electron chi connectivity index (χ4n) is 3.21. The molecule has 2 aliphatic carbocycles. The summed E-state index contributed by atoms with van der Waals surface area (Å²) in [7, 11) is -0.710. The molecule has 0 aliphatic heterocycles. The van der Waals surface area contributed by atoms with E-state index in [1.807, 2.05) is 0 Å². The Balaban J connectivity index is 0. The molecule has 0 unspecified atom stereocenters. The van der Waals surface area contributed by atoms with Gasteiger partial charge in [-0.3, -0.25) is 0 Å². The van der Waals surface area contributed by atoms with Gasteiger partial charge in [0.1, 0.15) is 0 Å². The van der Waals surface area contributed by atoms with Crippen molar-refractivity contribution in [2.24, 2.45) is 0 Å².